The minimum atomic E-state index is -1.07. The van der Waals surface area contributed by atoms with Crippen LogP contribution in [0.3, 0.4) is 0 Å². The van der Waals surface area contributed by atoms with E-state index in [1.807, 2.05) is 6.92 Å². The smallest absolute Gasteiger partial charge is 0.408 e. The highest BCUT2D eigenvalue weighted by Crippen LogP contribution is 2.08. The van der Waals surface area contributed by atoms with Crippen LogP contribution in [0.5, 0.6) is 0 Å². The second-order valence-electron chi connectivity index (χ2n) is 4.24. The number of hydrogen-bond donors (Lipinski definition) is 2. The molecule has 19 heavy (non-hydrogen) atoms. The van der Waals surface area contributed by atoms with Crippen LogP contribution in [-0.2, 0) is 16.1 Å². The fourth-order valence-electron chi connectivity index (χ4n) is 1.47. The van der Waals surface area contributed by atoms with E-state index in [-0.39, 0.29) is 12.5 Å². The molecule has 0 fully saturated rings. The summed E-state index contributed by atoms with van der Waals surface area (Å²) in [4.78, 5) is 26.5. The van der Waals surface area contributed by atoms with E-state index < -0.39 is 18.1 Å². The number of carbonyl (C=O) groups is 2. The van der Waals surface area contributed by atoms with Crippen molar-refractivity contribution in [2.24, 2.45) is 5.92 Å². The van der Waals surface area contributed by atoms with Gasteiger partial charge in [-0.05, 0) is 18.1 Å². The van der Waals surface area contributed by atoms with Crippen LogP contribution in [0.2, 0.25) is 0 Å². The molecule has 2 N–H and O–H groups in total. The van der Waals surface area contributed by atoms with Gasteiger partial charge in [0.2, 0.25) is 0 Å². The number of pyridine rings is 1. The molecule has 1 aromatic heterocycles. The fourth-order valence-corrected chi connectivity index (χ4v) is 1.47. The lowest BCUT2D eigenvalue weighted by molar-refractivity contribution is -0.140. The zero-order chi connectivity index (χ0) is 14.3. The number of rotatable bonds is 6. The molecular formula is C13H18N2O4. The Bertz CT molecular complexity index is 422. The number of hydrogen-bond acceptors (Lipinski definition) is 4. The first-order valence-corrected chi connectivity index (χ1v) is 6.10. The number of amides is 1. The molecule has 1 heterocycles. The van der Waals surface area contributed by atoms with Crippen molar-refractivity contribution in [2.45, 2.75) is 32.9 Å². The Hall–Kier alpha value is -2.11. The number of alkyl carbamates (subject to hydrolysis) is 1. The molecule has 6 nitrogen and oxygen atoms in total. The number of aromatic nitrogens is 1. The van der Waals surface area contributed by atoms with E-state index >= 15 is 0 Å². The molecule has 1 aromatic rings. The summed E-state index contributed by atoms with van der Waals surface area (Å²) in [5.74, 6) is -1.23. The number of carbonyl (C=O) groups excluding carboxylic acids is 1. The molecule has 2 unspecified atom stereocenters. The second kappa shape index (κ2) is 7.35. The summed E-state index contributed by atoms with van der Waals surface area (Å²) in [5.41, 5.74) is 0.605. The second-order valence-corrected chi connectivity index (χ2v) is 4.24. The quantitative estimate of drug-likeness (QED) is 0.819. The third kappa shape index (κ3) is 4.95. The lowest BCUT2D eigenvalue weighted by Gasteiger charge is -2.19. The molecule has 6 heteroatoms. The third-order valence-electron chi connectivity index (χ3n) is 2.83. The van der Waals surface area contributed by atoms with Crippen molar-refractivity contribution >= 4 is 12.1 Å². The first-order valence-electron chi connectivity index (χ1n) is 6.10. The van der Waals surface area contributed by atoms with Gasteiger partial charge >= 0.3 is 12.1 Å². The number of nitrogens with zero attached hydrogens (tertiary/aromatic N) is 1. The average molecular weight is 266 g/mol. The molecule has 104 valence electrons. The fraction of sp³-hybridized carbons (Fsp3) is 0.462. The van der Waals surface area contributed by atoms with Crippen LogP contribution in [0.4, 0.5) is 4.79 Å². The molecule has 0 saturated carbocycles. The molecule has 0 saturated heterocycles. The molecule has 1 amide bonds. The maximum absolute atomic E-state index is 11.5. The van der Waals surface area contributed by atoms with Crippen molar-refractivity contribution in [1.29, 1.82) is 0 Å². The lowest BCUT2D eigenvalue weighted by Crippen LogP contribution is -2.45. The highest BCUT2D eigenvalue weighted by molar-refractivity contribution is 5.80. The van der Waals surface area contributed by atoms with Gasteiger partial charge in [0.1, 0.15) is 12.6 Å². The van der Waals surface area contributed by atoms with Gasteiger partial charge in [0.25, 0.3) is 0 Å². The summed E-state index contributed by atoms with van der Waals surface area (Å²) >= 11 is 0. The summed E-state index contributed by atoms with van der Waals surface area (Å²) in [7, 11) is 0. The summed E-state index contributed by atoms with van der Waals surface area (Å²) in [6.45, 7) is 3.64. The topological polar surface area (TPSA) is 88.5 Å². The maximum Gasteiger partial charge on any atom is 0.408 e. The van der Waals surface area contributed by atoms with Crippen molar-refractivity contribution in [3.05, 3.63) is 30.1 Å². The van der Waals surface area contributed by atoms with Crippen LogP contribution in [0.15, 0.2) is 24.4 Å². The molecular weight excluding hydrogens is 248 g/mol. The van der Waals surface area contributed by atoms with Gasteiger partial charge in [0.15, 0.2) is 0 Å². The number of nitrogens with one attached hydrogen (secondary N) is 1. The molecule has 0 bridgehead atoms. The molecule has 0 spiro atoms. The van der Waals surface area contributed by atoms with E-state index in [1.165, 1.54) is 0 Å². The van der Waals surface area contributed by atoms with Gasteiger partial charge in [0.05, 0.1) is 5.69 Å². The molecule has 0 aromatic carbocycles. The van der Waals surface area contributed by atoms with E-state index in [4.69, 9.17) is 9.84 Å². The van der Waals surface area contributed by atoms with E-state index in [0.717, 1.165) is 0 Å². The van der Waals surface area contributed by atoms with Crippen LogP contribution >= 0.6 is 0 Å². The molecule has 0 aliphatic rings. The normalized spacial score (nSPS) is 13.4. The molecule has 0 radical (unpaired) electrons. The van der Waals surface area contributed by atoms with E-state index in [0.29, 0.717) is 12.1 Å². The van der Waals surface area contributed by atoms with Crippen LogP contribution in [0, 0.1) is 5.92 Å². The maximum atomic E-state index is 11.5. The van der Waals surface area contributed by atoms with E-state index in [2.05, 4.69) is 10.3 Å². The van der Waals surface area contributed by atoms with Gasteiger partial charge in [-0.3, -0.25) is 4.98 Å². The van der Waals surface area contributed by atoms with Crippen molar-refractivity contribution in [3.63, 3.8) is 0 Å². The summed E-state index contributed by atoms with van der Waals surface area (Å²) in [6, 6.07) is 4.31. The highest BCUT2D eigenvalue weighted by atomic mass is 16.5. The van der Waals surface area contributed by atoms with Crippen molar-refractivity contribution in [3.8, 4) is 0 Å². The predicted molar refractivity (Wildman–Crippen MR) is 68.4 cm³/mol. The van der Waals surface area contributed by atoms with E-state index in [9.17, 15) is 9.59 Å². The van der Waals surface area contributed by atoms with E-state index in [1.54, 1.807) is 31.3 Å². The standard InChI is InChI=1S/C13H18N2O4/c1-3-9(2)11(12(16)17)15-13(18)19-8-10-6-4-5-7-14-10/h4-7,9,11H,3,8H2,1-2H3,(H,15,18)(H,16,17). The average Bonchev–Trinajstić information content (AvgIpc) is 2.42. The van der Waals surface area contributed by atoms with Gasteiger partial charge in [-0.25, -0.2) is 9.59 Å². The minimum absolute atomic E-state index is 0.0134. The van der Waals surface area contributed by atoms with Crippen molar-refractivity contribution in [2.75, 3.05) is 0 Å². The van der Waals surface area contributed by atoms with Crippen LogP contribution in [0.25, 0.3) is 0 Å². The largest absolute Gasteiger partial charge is 0.480 e. The van der Waals surface area contributed by atoms with Crippen LogP contribution in [0.1, 0.15) is 26.0 Å². The van der Waals surface area contributed by atoms with Crippen molar-refractivity contribution < 1.29 is 19.4 Å². The van der Waals surface area contributed by atoms with Crippen LogP contribution < -0.4 is 5.32 Å². The predicted octanol–water partition coefficient (Wildman–Crippen LogP) is 1.81. The Morgan fingerprint density at radius 2 is 2.21 bits per heavy atom. The number of aliphatic carboxylic acids is 1. The van der Waals surface area contributed by atoms with Gasteiger partial charge in [-0.1, -0.05) is 26.3 Å². The van der Waals surface area contributed by atoms with Gasteiger partial charge in [-0.15, -0.1) is 0 Å². The lowest BCUT2D eigenvalue weighted by atomic mass is 10.00. The summed E-state index contributed by atoms with van der Waals surface area (Å²) < 4.78 is 4.93. The van der Waals surface area contributed by atoms with Crippen molar-refractivity contribution in [1.82, 2.24) is 10.3 Å². The van der Waals surface area contributed by atoms with Crippen LogP contribution in [-0.4, -0.2) is 28.2 Å². The Balaban J connectivity index is 2.47. The molecule has 0 aliphatic heterocycles. The highest BCUT2D eigenvalue weighted by Gasteiger charge is 2.25. The van der Waals surface area contributed by atoms with Gasteiger partial charge in [0, 0.05) is 6.20 Å². The third-order valence-corrected chi connectivity index (χ3v) is 2.83. The Morgan fingerprint density at radius 3 is 2.74 bits per heavy atom. The zero-order valence-corrected chi connectivity index (χ0v) is 11.0. The summed E-state index contributed by atoms with van der Waals surface area (Å²) in [6.07, 6.45) is 1.49. The van der Waals surface area contributed by atoms with Gasteiger partial charge in [-0.2, -0.15) is 0 Å². The molecule has 2 atom stereocenters. The Morgan fingerprint density at radius 1 is 1.47 bits per heavy atom. The monoisotopic (exact) mass is 266 g/mol. The molecule has 0 aliphatic carbocycles. The first-order chi connectivity index (χ1) is 9.04. The number of carboxylic acid groups (broad SMARTS) is 1. The van der Waals surface area contributed by atoms with Gasteiger partial charge < -0.3 is 15.2 Å². The number of ether oxygens (including phenoxy) is 1. The minimum Gasteiger partial charge on any atom is -0.480 e. The Kier molecular flexibility index (Phi) is 5.78. The molecule has 1 rings (SSSR count). The SMILES string of the molecule is CCC(C)C(NC(=O)OCc1ccccn1)C(=O)O. The first kappa shape index (κ1) is 14.9. The Labute approximate surface area is 111 Å². The zero-order valence-electron chi connectivity index (χ0n) is 11.0. The summed E-state index contributed by atoms with van der Waals surface area (Å²) in [5, 5.41) is 11.4. The number of carboxylic acids is 1.